The number of carbonyl (C=O) groups excluding carboxylic acids is 1. The first kappa shape index (κ1) is 14.8. The van der Waals surface area contributed by atoms with Crippen LogP contribution in [0.5, 0.6) is 0 Å². The van der Waals surface area contributed by atoms with Crippen molar-refractivity contribution in [2.75, 3.05) is 13.1 Å². The lowest BCUT2D eigenvalue weighted by molar-refractivity contribution is -0.120. The number of thiocarbonyl (C=S) groups is 1. The summed E-state index contributed by atoms with van der Waals surface area (Å²) in [5, 5.41) is 4.84. The second-order valence-corrected chi connectivity index (χ2v) is 7.52. The maximum Gasteiger partial charge on any atom is 0.233 e. The molecule has 1 atom stereocenters. The molecule has 1 aromatic heterocycles. The first-order valence-corrected chi connectivity index (χ1v) is 8.59. The number of thiophene rings is 1. The number of amides is 1. The van der Waals surface area contributed by atoms with E-state index in [0.29, 0.717) is 6.54 Å². The fraction of sp³-hybridized carbons (Fsp3) is 0.538. The summed E-state index contributed by atoms with van der Waals surface area (Å²) in [4.78, 5) is 15.4. The van der Waals surface area contributed by atoms with Crippen molar-refractivity contribution in [2.24, 2.45) is 0 Å². The second-order valence-electron chi connectivity index (χ2n) is 4.52. The Morgan fingerprint density at radius 2 is 2.32 bits per heavy atom. The highest BCUT2D eigenvalue weighted by Crippen LogP contribution is 2.20. The molecule has 19 heavy (non-hydrogen) atoms. The van der Waals surface area contributed by atoms with E-state index < -0.39 is 0 Å². The number of thioether (sulfide) groups is 1. The molecule has 1 fully saturated rings. The molecule has 1 aliphatic rings. The Morgan fingerprint density at radius 1 is 1.58 bits per heavy atom. The minimum Gasteiger partial charge on any atom is -0.358 e. The van der Waals surface area contributed by atoms with Crippen molar-refractivity contribution in [3.8, 4) is 0 Å². The zero-order valence-electron chi connectivity index (χ0n) is 10.9. The first-order valence-electron chi connectivity index (χ1n) is 6.42. The molecule has 2 heterocycles. The van der Waals surface area contributed by atoms with E-state index in [0.717, 1.165) is 17.4 Å². The predicted molar refractivity (Wildman–Crippen MR) is 86.6 cm³/mol. The highest BCUT2D eigenvalue weighted by Gasteiger charge is 2.21. The Morgan fingerprint density at radius 3 is 2.95 bits per heavy atom. The van der Waals surface area contributed by atoms with Gasteiger partial charge in [0.25, 0.3) is 0 Å². The van der Waals surface area contributed by atoms with Crippen LogP contribution in [0.15, 0.2) is 17.5 Å². The molecular weight excluding hydrogens is 296 g/mol. The molecule has 104 valence electrons. The topological polar surface area (TPSA) is 32.3 Å². The summed E-state index contributed by atoms with van der Waals surface area (Å²) in [5.74, 6) is 0.0555. The molecule has 2 rings (SSSR count). The van der Waals surface area contributed by atoms with Gasteiger partial charge in [-0.2, -0.15) is 0 Å². The molecule has 1 saturated heterocycles. The van der Waals surface area contributed by atoms with Crippen LogP contribution in [0.1, 0.15) is 24.6 Å². The lowest BCUT2D eigenvalue weighted by atomic mass is 10.4. The Labute approximate surface area is 127 Å². The van der Waals surface area contributed by atoms with Crippen LogP contribution in [0.3, 0.4) is 0 Å². The minimum absolute atomic E-state index is 0.0555. The van der Waals surface area contributed by atoms with Gasteiger partial charge in [0.2, 0.25) is 5.91 Å². The van der Waals surface area contributed by atoms with Gasteiger partial charge in [0.1, 0.15) is 4.32 Å². The SMILES string of the molecule is C[C@H](SC(=S)N1CCCC1)C(=O)NCc1cccs1. The molecular formula is C13H18N2OS3. The van der Waals surface area contributed by atoms with Crippen molar-refractivity contribution in [3.05, 3.63) is 22.4 Å². The summed E-state index contributed by atoms with van der Waals surface area (Å²) < 4.78 is 0.858. The smallest absolute Gasteiger partial charge is 0.233 e. The van der Waals surface area contributed by atoms with Gasteiger partial charge in [0, 0.05) is 18.0 Å². The minimum atomic E-state index is -0.131. The van der Waals surface area contributed by atoms with E-state index in [1.807, 2.05) is 24.4 Å². The predicted octanol–water partition coefficient (Wildman–Crippen LogP) is 2.87. The number of rotatable bonds is 4. The van der Waals surface area contributed by atoms with Crippen molar-refractivity contribution in [1.82, 2.24) is 10.2 Å². The molecule has 1 N–H and O–H groups in total. The Hall–Kier alpha value is -0.590. The molecule has 1 aliphatic heterocycles. The molecule has 1 aromatic rings. The van der Waals surface area contributed by atoms with E-state index in [-0.39, 0.29) is 11.2 Å². The Kier molecular flexibility index (Phi) is 5.66. The van der Waals surface area contributed by atoms with Crippen LogP contribution in [-0.2, 0) is 11.3 Å². The third-order valence-corrected chi connectivity index (χ3v) is 5.48. The largest absolute Gasteiger partial charge is 0.358 e. The standard InChI is InChI=1S/C13H18N2OS3/c1-10(19-13(17)15-6-2-3-7-15)12(16)14-9-11-5-4-8-18-11/h4-5,8,10H,2-3,6-7,9H2,1H3,(H,14,16)/t10-/m0/s1. The van der Waals surface area contributed by atoms with Crippen LogP contribution < -0.4 is 5.32 Å². The van der Waals surface area contributed by atoms with Gasteiger partial charge in [-0.25, -0.2) is 0 Å². The first-order chi connectivity index (χ1) is 9.16. The lowest BCUT2D eigenvalue weighted by Gasteiger charge is -2.20. The van der Waals surface area contributed by atoms with E-state index in [2.05, 4.69) is 10.2 Å². The Balaban J connectivity index is 1.73. The van der Waals surface area contributed by atoms with E-state index in [9.17, 15) is 4.79 Å². The monoisotopic (exact) mass is 314 g/mol. The fourth-order valence-electron chi connectivity index (χ4n) is 1.91. The van der Waals surface area contributed by atoms with Crippen LogP contribution in [0, 0.1) is 0 Å². The zero-order chi connectivity index (χ0) is 13.7. The maximum atomic E-state index is 12.0. The van der Waals surface area contributed by atoms with Crippen LogP contribution in [0.25, 0.3) is 0 Å². The number of carbonyl (C=O) groups is 1. The number of likely N-dealkylation sites (tertiary alicyclic amines) is 1. The highest BCUT2D eigenvalue weighted by atomic mass is 32.2. The van der Waals surface area contributed by atoms with Crippen LogP contribution in [0.2, 0.25) is 0 Å². The molecule has 3 nitrogen and oxygen atoms in total. The third-order valence-electron chi connectivity index (χ3n) is 3.03. The van der Waals surface area contributed by atoms with E-state index in [4.69, 9.17) is 12.2 Å². The van der Waals surface area contributed by atoms with Crippen molar-refractivity contribution in [1.29, 1.82) is 0 Å². The van der Waals surface area contributed by atoms with Gasteiger partial charge in [-0.1, -0.05) is 30.0 Å². The molecule has 0 spiro atoms. The quantitative estimate of drug-likeness (QED) is 0.866. The molecule has 0 radical (unpaired) electrons. The molecule has 1 amide bonds. The van der Waals surface area contributed by atoms with Gasteiger partial charge in [0.05, 0.1) is 11.8 Å². The molecule has 0 aromatic carbocycles. The fourth-order valence-corrected chi connectivity index (χ4v) is 3.99. The van der Waals surface area contributed by atoms with Gasteiger partial charge in [-0.05, 0) is 31.2 Å². The van der Waals surface area contributed by atoms with E-state index in [1.165, 1.54) is 29.5 Å². The van der Waals surface area contributed by atoms with Gasteiger partial charge in [0.15, 0.2) is 0 Å². The number of hydrogen-bond acceptors (Lipinski definition) is 4. The highest BCUT2D eigenvalue weighted by molar-refractivity contribution is 8.23. The van der Waals surface area contributed by atoms with Crippen molar-refractivity contribution < 1.29 is 4.79 Å². The van der Waals surface area contributed by atoms with E-state index >= 15 is 0 Å². The average molecular weight is 315 g/mol. The van der Waals surface area contributed by atoms with Crippen molar-refractivity contribution in [3.63, 3.8) is 0 Å². The molecule has 0 bridgehead atoms. The Bertz CT molecular complexity index is 427. The van der Waals surface area contributed by atoms with Gasteiger partial charge < -0.3 is 10.2 Å². The van der Waals surface area contributed by atoms with Crippen LogP contribution in [0.4, 0.5) is 0 Å². The van der Waals surface area contributed by atoms with Crippen molar-refractivity contribution >= 4 is 45.5 Å². The van der Waals surface area contributed by atoms with Crippen molar-refractivity contribution in [2.45, 2.75) is 31.6 Å². The van der Waals surface area contributed by atoms with Gasteiger partial charge in [-0.3, -0.25) is 4.79 Å². The molecule has 0 unspecified atom stereocenters. The summed E-state index contributed by atoms with van der Waals surface area (Å²) >= 11 is 8.53. The van der Waals surface area contributed by atoms with Crippen LogP contribution >= 0.6 is 35.3 Å². The average Bonchev–Trinajstić information content (AvgIpc) is 3.08. The summed E-state index contributed by atoms with van der Waals surface area (Å²) in [6, 6.07) is 4.02. The summed E-state index contributed by atoms with van der Waals surface area (Å²) in [6.07, 6.45) is 2.42. The van der Waals surface area contributed by atoms with Gasteiger partial charge >= 0.3 is 0 Å². The summed E-state index contributed by atoms with van der Waals surface area (Å²) in [5.41, 5.74) is 0. The molecule has 0 aliphatic carbocycles. The van der Waals surface area contributed by atoms with Crippen LogP contribution in [-0.4, -0.2) is 33.5 Å². The number of nitrogens with one attached hydrogen (secondary N) is 1. The molecule has 6 heteroatoms. The second kappa shape index (κ2) is 7.26. The maximum absolute atomic E-state index is 12.0. The van der Waals surface area contributed by atoms with Gasteiger partial charge in [-0.15, -0.1) is 11.3 Å². The lowest BCUT2D eigenvalue weighted by Crippen LogP contribution is -2.33. The summed E-state index contributed by atoms with van der Waals surface area (Å²) in [6.45, 7) is 4.60. The summed E-state index contributed by atoms with van der Waals surface area (Å²) in [7, 11) is 0. The number of hydrogen-bond donors (Lipinski definition) is 1. The van der Waals surface area contributed by atoms with E-state index in [1.54, 1.807) is 11.3 Å². The zero-order valence-corrected chi connectivity index (χ0v) is 13.4. The molecule has 0 saturated carbocycles. The normalized spacial score (nSPS) is 16.4. The number of nitrogens with zero attached hydrogens (tertiary/aromatic N) is 1. The third kappa shape index (κ3) is 4.47.